The summed E-state index contributed by atoms with van der Waals surface area (Å²) in [4.78, 5) is 15.2. The molecule has 0 amide bonds. The molecule has 0 fully saturated rings. The van der Waals surface area contributed by atoms with Crippen molar-refractivity contribution >= 4 is 5.97 Å². The molecule has 1 heterocycles. The first-order valence-corrected chi connectivity index (χ1v) is 8.74. The quantitative estimate of drug-likeness (QED) is 0.611. The number of aromatic nitrogens is 1. The van der Waals surface area contributed by atoms with Gasteiger partial charge in [-0.25, -0.2) is 4.98 Å². The Morgan fingerprint density at radius 3 is 2.67 bits per heavy atom. The van der Waals surface area contributed by atoms with Crippen molar-refractivity contribution in [2.75, 3.05) is 6.61 Å². The van der Waals surface area contributed by atoms with Gasteiger partial charge < -0.3 is 19.4 Å². The van der Waals surface area contributed by atoms with Gasteiger partial charge in [0.25, 0.3) is 5.75 Å². The van der Waals surface area contributed by atoms with Crippen molar-refractivity contribution in [2.45, 2.75) is 26.2 Å². The summed E-state index contributed by atoms with van der Waals surface area (Å²) in [5.41, 5.74) is 2.48. The zero-order valence-corrected chi connectivity index (χ0v) is 15.1. The third-order valence-electron chi connectivity index (χ3n) is 4.21. The van der Waals surface area contributed by atoms with Gasteiger partial charge in [-0.3, -0.25) is 4.79 Å². The van der Waals surface area contributed by atoms with E-state index in [0.717, 1.165) is 17.0 Å². The highest BCUT2D eigenvalue weighted by Gasteiger charge is 2.12. The number of ether oxygens (including phenoxy) is 1. The van der Waals surface area contributed by atoms with E-state index in [0.29, 0.717) is 36.7 Å². The summed E-state index contributed by atoms with van der Waals surface area (Å²) in [6.07, 6.45) is 0.951. The Hall–Kier alpha value is -3.28. The van der Waals surface area contributed by atoms with Gasteiger partial charge in [0.05, 0.1) is 18.4 Å². The molecule has 0 radical (unpaired) electrons. The fourth-order valence-corrected chi connectivity index (χ4v) is 2.73. The molecule has 3 N–H and O–H groups in total. The van der Waals surface area contributed by atoms with Crippen molar-refractivity contribution in [2.24, 2.45) is 0 Å². The Bertz CT molecular complexity index is 918. The molecule has 6 nitrogen and oxygen atoms in total. The SMILES string of the molecule is Cc1oc(-c2ccccc2)nc1CCOc1ccc(CCC(=O)O)c([OH2+])c1. The molecule has 0 aliphatic rings. The Morgan fingerprint density at radius 2 is 1.96 bits per heavy atom. The molecule has 0 spiro atoms. The lowest BCUT2D eigenvalue weighted by atomic mass is 10.1. The average molecular weight is 368 g/mol. The second kappa shape index (κ2) is 8.40. The number of carboxylic acids is 1. The summed E-state index contributed by atoms with van der Waals surface area (Å²) in [6, 6.07) is 14.9. The number of oxazole rings is 1. The van der Waals surface area contributed by atoms with Gasteiger partial charge in [0.1, 0.15) is 11.5 Å². The molecule has 0 saturated heterocycles. The van der Waals surface area contributed by atoms with Crippen LogP contribution in [0.4, 0.5) is 0 Å². The van der Waals surface area contributed by atoms with Gasteiger partial charge in [-0.1, -0.05) is 18.2 Å². The van der Waals surface area contributed by atoms with Crippen molar-refractivity contribution in [1.82, 2.24) is 4.98 Å². The molecule has 0 aliphatic heterocycles. The van der Waals surface area contributed by atoms with Crippen molar-refractivity contribution in [3.8, 4) is 23.0 Å². The maximum atomic E-state index is 10.6. The summed E-state index contributed by atoms with van der Waals surface area (Å²) < 4.78 is 11.5. The lowest BCUT2D eigenvalue weighted by molar-refractivity contribution is -0.136. The van der Waals surface area contributed by atoms with Gasteiger partial charge in [0.2, 0.25) is 5.89 Å². The van der Waals surface area contributed by atoms with Crippen LogP contribution in [0.3, 0.4) is 0 Å². The largest absolute Gasteiger partial charge is 0.593 e. The standard InChI is InChI=1S/C21H21NO5/c1-14-18(22-21(27-14)16-5-3-2-4-6-16)11-12-26-17-9-7-15(19(23)13-17)8-10-20(24)25/h2-7,9,13,23H,8,10-12H2,1H3,(H,24,25)/p+1. The molecule has 0 unspecified atom stereocenters. The third kappa shape index (κ3) is 4.88. The molecule has 2 aromatic carbocycles. The summed E-state index contributed by atoms with van der Waals surface area (Å²) in [5, 5.41) is 16.7. The van der Waals surface area contributed by atoms with Gasteiger partial charge in [-0.05, 0) is 37.6 Å². The van der Waals surface area contributed by atoms with Crippen LogP contribution in [0.2, 0.25) is 0 Å². The number of rotatable bonds is 8. The van der Waals surface area contributed by atoms with Gasteiger partial charge in [-0.2, -0.15) is 0 Å². The summed E-state index contributed by atoms with van der Waals surface area (Å²) in [7, 11) is 0. The van der Waals surface area contributed by atoms with Crippen LogP contribution in [-0.2, 0) is 17.6 Å². The monoisotopic (exact) mass is 368 g/mol. The molecule has 3 rings (SSSR count). The van der Waals surface area contributed by atoms with E-state index in [2.05, 4.69) is 4.98 Å². The first-order valence-electron chi connectivity index (χ1n) is 8.74. The van der Waals surface area contributed by atoms with E-state index in [4.69, 9.17) is 19.4 Å². The molecule has 0 bridgehead atoms. The van der Waals surface area contributed by atoms with Crippen LogP contribution in [-0.4, -0.2) is 27.8 Å². The Morgan fingerprint density at radius 1 is 1.19 bits per heavy atom. The molecule has 0 atom stereocenters. The molecule has 6 heteroatoms. The minimum atomic E-state index is -0.868. The second-order valence-corrected chi connectivity index (χ2v) is 6.20. The molecule has 0 saturated carbocycles. The molecule has 3 aromatic rings. The Balaban J connectivity index is 1.58. The van der Waals surface area contributed by atoms with E-state index in [9.17, 15) is 4.79 Å². The summed E-state index contributed by atoms with van der Waals surface area (Å²) >= 11 is 0. The zero-order valence-electron chi connectivity index (χ0n) is 15.1. The van der Waals surface area contributed by atoms with Crippen LogP contribution in [0.1, 0.15) is 23.4 Å². The molecule has 27 heavy (non-hydrogen) atoms. The number of aliphatic carboxylic acids is 1. The first-order chi connectivity index (χ1) is 13.0. The normalized spacial score (nSPS) is 10.7. The maximum absolute atomic E-state index is 10.6. The maximum Gasteiger partial charge on any atom is 0.303 e. The number of aryl methyl sites for hydroxylation is 2. The molecular formula is C21H22NO5+. The van der Waals surface area contributed by atoms with Crippen LogP contribution in [0.5, 0.6) is 11.5 Å². The zero-order chi connectivity index (χ0) is 19.2. The predicted molar refractivity (Wildman–Crippen MR) is 101 cm³/mol. The lowest BCUT2D eigenvalue weighted by Crippen LogP contribution is -2.03. The number of carboxylic acid groups (broad SMARTS) is 1. The van der Waals surface area contributed by atoms with Gasteiger partial charge >= 0.3 is 5.97 Å². The number of benzene rings is 2. The fourth-order valence-electron chi connectivity index (χ4n) is 2.73. The van der Waals surface area contributed by atoms with E-state index >= 15 is 0 Å². The van der Waals surface area contributed by atoms with Gasteiger partial charge in [0.15, 0.2) is 0 Å². The number of carbonyl (C=O) groups is 1. The van der Waals surface area contributed by atoms with E-state index in [-0.39, 0.29) is 12.2 Å². The predicted octanol–water partition coefficient (Wildman–Crippen LogP) is 3.73. The van der Waals surface area contributed by atoms with E-state index in [1.165, 1.54) is 0 Å². The van der Waals surface area contributed by atoms with E-state index in [1.54, 1.807) is 18.2 Å². The highest BCUT2D eigenvalue weighted by atomic mass is 16.5. The summed E-state index contributed by atoms with van der Waals surface area (Å²) in [5.74, 6) is 1.37. The number of hydrogen-bond acceptors (Lipinski definition) is 4. The van der Waals surface area contributed by atoms with Crippen LogP contribution in [0, 0.1) is 6.92 Å². The summed E-state index contributed by atoms with van der Waals surface area (Å²) in [6.45, 7) is 2.30. The van der Waals surface area contributed by atoms with Gasteiger partial charge in [-0.15, -0.1) is 0 Å². The first kappa shape index (κ1) is 18.5. The minimum Gasteiger partial charge on any atom is -0.593 e. The van der Waals surface area contributed by atoms with Crippen molar-refractivity contribution in [3.63, 3.8) is 0 Å². The topological polar surface area (TPSA) is 95.5 Å². The Kier molecular flexibility index (Phi) is 5.76. The van der Waals surface area contributed by atoms with Crippen LogP contribution in [0.15, 0.2) is 52.9 Å². The lowest BCUT2D eigenvalue weighted by Gasteiger charge is -2.06. The fraction of sp³-hybridized carbons (Fsp3) is 0.238. The van der Waals surface area contributed by atoms with Crippen molar-refractivity contribution in [3.05, 3.63) is 65.5 Å². The average Bonchev–Trinajstić information content (AvgIpc) is 3.02. The molecule has 1 aromatic heterocycles. The van der Waals surface area contributed by atoms with Crippen LogP contribution in [0.25, 0.3) is 11.5 Å². The third-order valence-corrected chi connectivity index (χ3v) is 4.21. The number of nitrogens with zero attached hydrogens (tertiary/aromatic N) is 1. The van der Waals surface area contributed by atoms with Crippen molar-refractivity contribution < 1.29 is 24.2 Å². The molecular weight excluding hydrogens is 346 g/mol. The van der Waals surface area contributed by atoms with E-state index < -0.39 is 5.97 Å². The molecule has 140 valence electrons. The smallest absolute Gasteiger partial charge is 0.303 e. The van der Waals surface area contributed by atoms with Crippen molar-refractivity contribution in [1.29, 1.82) is 0 Å². The minimum absolute atomic E-state index is 0.0151. The second-order valence-electron chi connectivity index (χ2n) is 6.20. The highest BCUT2D eigenvalue weighted by Crippen LogP contribution is 2.25. The van der Waals surface area contributed by atoms with Crippen LogP contribution < -0.4 is 4.74 Å². The van der Waals surface area contributed by atoms with Crippen LogP contribution >= 0.6 is 0 Å². The molecule has 0 aliphatic carbocycles. The highest BCUT2D eigenvalue weighted by molar-refractivity contribution is 5.67. The van der Waals surface area contributed by atoms with E-state index in [1.807, 2.05) is 37.3 Å². The van der Waals surface area contributed by atoms with Gasteiger partial charge in [0, 0.05) is 24.0 Å². The Labute approximate surface area is 157 Å². The number of hydrogen-bond donors (Lipinski definition) is 1.